The maximum absolute atomic E-state index is 13.7. The highest BCUT2D eigenvalue weighted by Crippen LogP contribution is 2.46. The molecule has 2 aromatic carbocycles. The van der Waals surface area contributed by atoms with Gasteiger partial charge in [-0.1, -0.05) is 35.4 Å². The van der Waals surface area contributed by atoms with Crippen LogP contribution in [0.15, 0.2) is 42.1 Å². The fourth-order valence-corrected chi connectivity index (χ4v) is 6.43. The summed E-state index contributed by atoms with van der Waals surface area (Å²) in [5, 5.41) is 9.87. The van der Waals surface area contributed by atoms with Gasteiger partial charge in [0.1, 0.15) is 11.5 Å². The second-order valence-electron chi connectivity index (χ2n) is 10.3. The van der Waals surface area contributed by atoms with Gasteiger partial charge >= 0.3 is 6.03 Å². The van der Waals surface area contributed by atoms with Crippen LogP contribution in [0.25, 0.3) is 0 Å². The molecule has 7 nitrogen and oxygen atoms in total. The summed E-state index contributed by atoms with van der Waals surface area (Å²) in [6.45, 7) is 7.79. The normalized spacial score (nSPS) is 19.1. The van der Waals surface area contributed by atoms with Crippen LogP contribution in [-0.4, -0.2) is 71.8 Å². The Morgan fingerprint density at radius 2 is 1.72 bits per heavy atom. The van der Waals surface area contributed by atoms with Crippen molar-refractivity contribution in [3.8, 4) is 11.5 Å². The minimum absolute atomic E-state index is 0.0207. The van der Waals surface area contributed by atoms with E-state index in [4.69, 9.17) is 9.47 Å². The van der Waals surface area contributed by atoms with Crippen LogP contribution < -0.4 is 9.47 Å². The first kappa shape index (κ1) is 24.7. The number of aliphatic hydroxyl groups excluding tert-OH is 1. The Morgan fingerprint density at radius 1 is 1.00 bits per heavy atom. The maximum atomic E-state index is 13.7. The predicted octanol–water partition coefficient (Wildman–Crippen LogP) is 4.03. The van der Waals surface area contributed by atoms with Crippen molar-refractivity contribution in [1.29, 1.82) is 0 Å². The average molecular weight is 492 g/mol. The number of benzene rings is 2. The number of hydrogen-bond acceptors (Lipinski definition) is 5. The Balaban J connectivity index is 1.43. The number of allylic oxidation sites excluding steroid dienone is 1. The number of piperidine rings is 1. The molecule has 0 aliphatic carbocycles. The fourth-order valence-electron chi connectivity index (χ4n) is 6.43. The molecule has 0 bridgehead atoms. The zero-order chi connectivity index (χ0) is 25.4. The van der Waals surface area contributed by atoms with Crippen LogP contribution in [0.1, 0.15) is 40.7 Å². The van der Waals surface area contributed by atoms with Crippen LogP contribution in [0.2, 0.25) is 0 Å². The van der Waals surface area contributed by atoms with Crippen LogP contribution in [0.4, 0.5) is 4.79 Å². The second kappa shape index (κ2) is 9.79. The topological polar surface area (TPSA) is 65.5 Å². The predicted molar refractivity (Wildman–Crippen MR) is 139 cm³/mol. The van der Waals surface area contributed by atoms with E-state index in [0.29, 0.717) is 19.5 Å². The summed E-state index contributed by atoms with van der Waals surface area (Å²) in [5.41, 5.74) is 6.75. The van der Waals surface area contributed by atoms with Crippen molar-refractivity contribution in [2.24, 2.45) is 0 Å². The van der Waals surface area contributed by atoms with E-state index in [-0.39, 0.29) is 12.6 Å². The third-order valence-corrected chi connectivity index (χ3v) is 8.00. The number of rotatable bonds is 6. The zero-order valence-corrected chi connectivity index (χ0v) is 21.8. The number of β-amino-alcohol motifs (C(OH)–C–C–N with tert-alkyl or cyclic N) is 1. The van der Waals surface area contributed by atoms with E-state index in [0.717, 1.165) is 60.8 Å². The number of urea groups is 1. The number of fused-ring (bicyclic) bond motifs is 3. The number of hydrogen-bond donors (Lipinski definition) is 1. The molecule has 36 heavy (non-hydrogen) atoms. The molecule has 192 valence electrons. The summed E-state index contributed by atoms with van der Waals surface area (Å²) < 4.78 is 11.2. The minimum Gasteiger partial charge on any atom is -0.497 e. The highest BCUT2D eigenvalue weighted by Gasteiger charge is 2.54. The molecule has 0 radical (unpaired) electrons. The van der Waals surface area contributed by atoms with Gasteiger partial charge in [0.25, 0.3) is 0 Å². The van der Waals surface area contributed by atoms with E-state index in [9.17, 15) is 9.90 Å². The van der Waals surface area contributed by atoms with E-state index in [1.54, 1.807) is 14.2 Å². The highest BCUT2D eigenvalue weighted by molar-refractivity contribution is 5.83. The molecule has 3 aliphatic heterocycles. The monoisotopic (exact) mass is 491 g/mol. The van der Waals surface area contributed by atoms with Crippen LogP contribution >= 0.6 is 0 Å². The number of ether oxygens (including phenoxy) is 2. The number of likely N-dealkylation sites (tertiary alicyclic amines) is 1. The fraction of sp³-hybridized carbons (Fsp3) is 0.483. The highest BCUT2D eigenvalue weighted by atomic mass is 16.5. The van der Waals surface area contributed by atoms with Gasteiger partial charge in [-0.2, -0.15) is 0 Å². The molecule has 7 heteroatoms. The Labute approximate surface area is 213 Å². The van der Waals surface area contributed by atoms with Crippen LogP contribution in [0, 0.1) is 13.8 Å². The lowest BCUT2D eigenvalue weighted by Gasteiger charge is -2.44. The van der Waals surface area contributed by atoms with Gasteiger partial charge in [0.05, 0.1) is 32.9 Å². The van der Waals surface area contributed by atoms with E-state index >= 15 is 0 Å². The van der Waals surface area contributed by atoms with Gasteiger partial charge in [0.2, 0.25) is 0 Å². The van der Waals surface area contributed by atoms with Crippen molar-refractivity contribution in [3.63, 3.8) is 0 Å². The third-order valence-electron chi connectivity index (χ3n) is 8.00. The lowest BCUT2D eigenvalue weighted by molar-refractivity contribution is 0.0747. The Kier molecular flexibility index (Phi) is 6.70. The van der Waals surface area contributed by atoms with Crippen LogP contribution in [0.5, 0.6) is 11.5 Å². The summed E-state index contributed by atoms with van der Waals surface area (Å²) in [4.78, 5) is 20.1. The van der Waals surface area contributed by atoms with Gasteiger partial charge in [0, 0.05) is 43.5 Å². The number of carbonyl (C=O) groups excluding carboxylic acids is 1. The molecule has 3 heterocycles. The zero-order valence-electron chi connectivity index (χ0n) is 21.8. The van der Waals surface area contributed by atoms with E-state index < -0.39 is 5.54 Å². The molecule has 0 unspecified atom stereocenters. The molecule has 1 spiro atoms. The summed E-state index contributed by atoms with van der Waals surface area (Å²) in [6, 6.07) is 10.6. The molecule has 2 saturated heterocycles. The summed E-state index contributed by atoms with van der Waals surface area (Å²) >= 11 is 0. The van der Waals surface area contributed by atoms with Gasteiger partial charge in [-0.05, 0) is 50.3 Å². The van der Waals surface area contributed by atoms with Crippen LogP contribution in [-0.2, 0) is 19.5 Å². The molecular weight excluding hydrogens is 454 g/mol. The lowest BCUT2D eigenvalue weighted by atomic mass is 9.83. The first-order valence-electron chi connectivity index (χ1n) is 12.8. The van der Waals surface area contributed by atoms with E-state index in [1.165, 1.54) is 16.7 Å². The average Bonchev–Trinajstić information content (AvgIpc) is 2.98. The van der Waals surface area contributed by atoms with Gasteiger partial charge in [-0.3, -0.25) is 9.80 Å². The number of aryl methyl sites for hydroxylation is 2. The smallest absolute Gasteiger partial charge is 0.325 e. The van der Waals surface area contributed by atoms with Gasteiger partial charge in [0.15, 0.2) is 0 Å². The van der Waals surface area contributed by atoms with Crippen molar-refractivity contribution < 1.29 is 19.4 Å². The molecule has 2 fully saturated rings. The number of aliphatic hydroxyl groups is 1. The Bertz CT molecular complexity index is 1160. The minimum atomic E-state index is -0.391. The van der Waals surface area contributed by atoms with Crippen molar-refractivity contribution in [2.75, 3.05) is 40.5 Å². The lowest BCUT2D eigenvalue weighted by Crippen LogP contribution is -2.54. The first-order valence-corrected chi connectivity index (χ1v) is 12.8. The summed E-state index contributed by atoms with van der Waals surface area (Å²) in [6.07, 6.45) is 4.61. The van der Waals surface area contributed by atoms with Gasteiger partial charge in [-0.15, -0.1) is 0 Å². The largest absolute Gasteiger partial charge is 0.497 e. The van der Waals surface area contributed by atoms with E-state index in [2.05, 4.69) is 43.0 Å². The quantitative estimate of drug-likeness (QED) is 0.661. The molecule has 3 aliphatic rings. The number of nitrogens with zero attached hydrogens (tertiary/aromatic N) is 3. The molecule has 0 saturated carbocycles. The maximum Gasteiger partial charge on any atom is 0.325 e. The van der Waals surface area contributed by atoms with Crippen molar-refractivity contribution in [3.05, 3.63) is 69.9 Å². The molecule has 0 atom stereocenters. The third kappa shape index (κ3) is 4.24. The SMILES string of the molecule is COc1cc2c(c(OC)c1)CC=C1N(C2)C(=O)N(CCO)C12CCN(Cc1cc(C)cc(C)c1)CC2. The number of carbonyl (C=O) groups is 1. The first-order chi connectivity index (χ1) is 17.4. The van der Waals surface area contributed by atoms with E-state index in [1.807, 2.05) is 21.9 Å². The van der Waals surface area contributed by atoms with Crippen LogP contribution in [0.3, 0.4) is 0 Å². The molecule has 2 amide bonds. The van der Waals surface area contributed by atoms with Crippen molar-refractivity contribution in [1.82, 2.24) is 14.7 Å². The standard InChI is InChI=1S/C29H37N3O4/c1-20-13-21(2)15-22(14-20)18-30-9-7-29(8-10-30)27-6-5-25-23(16-24(35-3)17-26(25)36-4)19-31(27)28(34)32(29)11-12-33/h6,13-17,33H,5,7-12,18-19H2,1-4H3. The molecule has 2 aromatic rings. The Morgan fingerprint density at radius 3 is 2.36 bits per heavy atom. The molecule has 0 aromatic heterocycles. The molecule has 1 N–H and O–H groups in total. The van der Waals surface area contributed by atoms with Crippen molar-refractivity contribution in [2.45, 2.75) is 51.7 Å². The second-order valence-corrected chi connectivity index (χ2v) is 10.3. The summed E-state index contributed by atoms with van der Waals surface area (Å²) in [5.74, 6) is 1.52. The molecular formula is C29H37N3O4. The summed E-state index contributed by atoms with van der Waals surface area (Å²) in [7, 11) is 3.32. The van der Waals surface area contributed by atoms with Crippen molar-refractivity contribution >= 4 is 6.03 Å². The number of amides is 2. The molecule has 5 rings (SSSR count). The number of methoxy groups -OCH3 is 2. The Hall–Kier alpha value is -3.03. The van der Waals surface area contributed by atoms with Gasteiger partial charge < -0.3 is 19.5 Å². The van der Waals surface area contributed by atoms with Gasteiger partial charge in [-0.25, -0.2) is 4.79 Å².